The second kappa shape index (κ2) is 26.5. The predicted molar refractivity (Wildman–Crippen MR) is 255 cm³/mol. The van der Waals surface area contributed by atoms with Crippen molar-refractivity contribution in [2.45, 2.75) is 157 Å². The fourth-order valence-corrected chi connectivity index (χ4v) is 9.09. The number of likely N-dealkylation sites (tertiary alicyclic amines) is 1. The maximum Gasteiger partial charge on any atom is 0.410 e. The number of aryl methyl sites for hydroxylation is 1. The molecule has 0 spiro atoms. The molecule has 10 atom stereocenters. The molecule has 0 aliphatic carbocycles. The first-order valence-electron chi connectivity index (χ1n) is 23.7. The first-order valence-corrected chi connectivity index (χ1v) is 23.7. The largest absolute Gasteiger partial charge is 0.461 e. The van der Waals surface area contributed by atoms with Crippen LogP contribution in [0.25, 0.3) is 0 Å². The van der Waals surface area contributed by atoms with Gasteiger partial charge in [-0.2, -0.15) is 0 Å². The fourth-order valence-electron chi connectivity index (χ4n) is 9.09. The summed E-state index contributed by atoms with van der Waals surface area (Å²) in [5.41, 5.74) is 3.07. The normalized spacial score (nSPS) is 17.9. The van der Waals surface area contributed by atoms with E-state index in [2.05, 4.69) is 10.6 Å². The number of carbonyl (C=O) groups excluding carboxylic acids is 6. The van der Waals surface area contributed by atoms with Gasteiger partial charge in [-0.15, -0.1) is 0 Å². The summed E-state index contributed by atoms with van der Waals surface area (Å²) in [7, 11) is 6.20. The summed E-state index contributed by atoms with van der Waals surface area (Å²) in [4.78, 5) is 86.1. The van der Waals surface area contributed by atoms with Crippen molar-refractivity contribution in [3.8, 4) is 0 Å². The van der Waals surface area contributed by atoms with Gasteiger partial charge in [-0.1, -0.05) is 97.4 Å². The van der Waals surface area contributed by atoms with Crippen LogP contribution in [0.4, 0.5) is 4.79 Å². The second-order valence-corrected chi connectivity index (χ2v) is 18.9. The van der Waals surface area contributed by atoms with Crippen LogP contribution in [0.1, 0.15) is 116 Å². The van der Waals surface area contributed by atoms with Crippen molar-refractivity contribution in [2.75, 3.05) is 34.9 Å². The minimum atomic E-state index is -0.985. The lowest BCUT2D eigenvalue weighted by molar-refractivity contribution is -0.148. The van der Waals surface area contributed by atoms with Crippen LogP contribution in [0, 0.1) is 30.6 Å². The van der Waals surface area contributed by atoms with Gasteiger partial charge in [0, 0.05) is 41.8 Å². The Labute approximate surface area is 398 Å². The molecule has 67 heavy (non-hydrogen) atoms. The summed E-state index contributed by atoms with van der Waals surface area (Å²) in [6.45, 7) is 18.5. The van der Waals surface area contributed by atoms with Gasteiger partial charge in [0.25, 0.3) is 0 Å². The molecule has 5 amide bonds. The van der Waals surface area contributed by atoms with Gasteiger partial charge in [-0.05, 0) is 72.8 Å². The van der Waals surface area contributed by atoms with E-state index in [1.807, 2.05) is 65.0 Å². The SMILES string of the molecule is CC[C@@H](C)[C@H](C(CC(=O)N1CCCC1[C@@H](OC)[C@H](C)C(=O)N[C@@H](C)[C@H](O)c1ccccc1)OC)N(C)C(=O)[C@H](NC(=O)[C@@H](C(C)C)N(C)C(=O)OCc1ccc(C)c(COC(C)=O)c1)C(C)C. The van der Waals surface area contributed by atoms with Gasteiger partial charge in [0.2, 0.25) is 23.6 Å². The smallest absolute Gasteiger partial charge is 0.410 e. The van der Waals surface area contributed by atoms with E-state index in [1.165, 1.54) is 33.1 Å². The van der Waals surface area contributed by atoms with Crippen LogP contribution in [0.2, 0.25) is 0 Å². The predicted octanol–water partition coefficient (Wildman–Crippen LogP) is 5.95. The van der Waals surface area contributed by atoms with Crippen LogP contribution in [0.5, 0.6) is 0 Å². The maximum absolute atomic E-state index is 14.6. The number of likely N-dealkylation sites (N-methyl/N-ethyl adjacent to an activating group) is 2. The zero-order valence-electron chi connectivity index (χ0n) is 42.4. The Bertz CT molecular complexity index is 1950. The molecule has 374 valence electrons. The van der Waals surface area contributed by atoms with Crippen LogP contribution in [-0.4, -0.2) is 133 Å². The minimum absolute atomic E-state index is 0.0476. The Morgan fingerprint density at radius 1 is 0.836 bits per heavy atom. The Kier molecular flexibility index (Phi) is 22.2. The fraction of sp³-hybridized carbons (Fsp3) is 0.647. The number of methoxy groups -OCH3 is 2. The summed E-state index contributed by atoms with van der Waals surface area (Å²) < 4.78 is 22.8. The van der Waals surface area contributed by atoms with Gasteiger partial charge in [0.05, 0.1) is 48.8 Å². The second-order valence-electron chi connectivity index (χ2n) is 18.9. The molecular formula is C51H79N5O11. The van der Waals surface area contributed by atoms with Gasteiger partial charge in [0.15, 0.2) is 0 Å². The third-order valence-electron chi connectivity index (χ3n) is 13.3. The number of aliphatic hydroxyl groups is 1. The summed E-state index contributed by atoms with van der Waals surface area (Å²) in [6.07, 6.45) is -1.04. The zero-order chi connectivity index (χ0) is 50.3. The number of aliphatic hydroxyl groups excluding tert-OH is 1. The van der Waals surface area contributed by atoms with E-state index >= 15 is 0 Å². The van der Waals surface area contributed by atoms with E-state index in [1.54, 1.807) is 62.7 Å². The molecule has 1 aliphatic heterocycles. The van der Waals surface area contributed by atoms with Gasteiger partial charge < -0.3 is 44.5 Å². The zero-order valence-corrected chi connectivity index (χ0v) is 42.4. The Morgan fingerprint density at radius 2 is 1.49 bits per heavy atom. The van der Waals surface area contributed by atoms with E-state index in [-0.39, 0.29) is 55.1 Å². The van der Waals surface area contributed by atoms with Crippen molar-refractivity contribution < 1.29 is 52.8 Å². The molecule has 2 aromatic rings. The lowest BCUT2D eigenvalue weighted by Crippen LogP contribution is -2.60. The lowest BCUT2D eigenvalue weighted by Gasteiger charge is -2.41. The van der Waals surface area contributed by atoms with Crippen molar-refractivity contribution in [1.29, 1.82) is 0 Å². The Hall–Kier alpha value is -5.06. The third kappa shape index (κ3) is 15.2. The van der Waals surface area contributed by atoms with Crippen molar-refractivity contribution in [3.63, 3.8) is 0 Å². The highest BCUT2D eigenvalue weighted by Gasteiger charge is 2.43. The molecule has 0 bridgehead atoms. The van der Waals surface area contributed by atoms with Crippen LogP contribution in [0.15, 0.2) is 48.5 Å². The average Bonchev–Trinajstić information content (AvgIpc) is 3.78. The molecule has 3 N–H and O–H groups in total. The van der Waals surface area contributed by atoms with Crippen molar-refractivity contribution in [1.82, 2.24) is 25.3 Å². The third-order valence-corrected chi connectivity index (χ3v) is 13.3. The topological polar surface area (TPSA) is 193 Å². The van der Waals surface area contributed by atoms with Gasteiger partial charge >= 0.3 is 12.1 Å². The molecule has 2 unspecified atom stereocenters. The van der Waals surface area contributed by atoms with Crippen LogP contribution in [-0.2, 0) is 56.1 Å². The number of nitrogens with zero attached hydrogens (tertiary/aromatic N) is 3. The number of esters is 1. The molecular weight excluding hydrogens is 859 g/mol. The summed E-state index contributed by atoms with van der Waals surface area (Å²) in [6, 6.07) is 11.1. The molecule has 16 heteroatoms. The number of nitrogens with one attached hydrogen (secondary N) is 2. The molecule has 1 saturated heterocycles. The van der Waals surface area contributed by atoms with E-state index < -0.39 is 72.4 Å². The maximum atomic E-state index is 14.6. The number of amides is 5. The van der Waals surface area contributed by atoms with E-state index in [0.717, 1.165) is 11.1 Å². The summed E-state index contributed by atoms with van der Waals surface area (Å²) in [5, 5.41) is 16.8. The summed E-state index contributed by atoms with van der Waals surface area (Å²) in [5.74, 6) is -3.28. The number of rotatable bonds is 24. The minimum Gasteiger partial charge on any atom is -0.461 e. The van der Waals surface area contributed by atoms with Crippen LogP contribution in [0.3, 0.4) is 0 Å². The first-order chi connectivity index (χ1) is 31.6. The quantitative estimate of drug-likeness (QED) is 0.105. The number of ether oxygens (including phenoxy) is 4. The number of hydrogen-bond acceptors (Lipinski definition) is 11. The first kappa shape index (κ1) is 56.3. The van der Waals surface area contributed by atoms with Crippen LogP contribution < -0.4 is 10.6 Å². The molecule has 0 aromatic heterocycles. The molecule has 0 saturated carbocycles. The highest BCUT2D eigenvalue weighted by Crippen LogP contribution is 2.30. The average molecular weight is 938 g/mol. The lowest BCUT2D eigenvalue weighted by atomic mass is 9.89. The monoisotopic (exact) mass is 938 g/mol. The van der Waals surface area contributed by atoms with Crippen molar-refractivity contribution >= 4 is 35.7 Å². The van der Waals surface area contributed by atoms with Crippen LogP contribution >= 0.6 is 0 Å². The molecule has 0 radical (unpaired) electrons. The molecule has 16 nitrogen and oxygen atoms in total. The Morgan fingerprint density at radius 3 is 2.06 bits per heavy atom. The van der Waals surface area contributed by atoms with Crippen molar-refractivity contribution in [2.24, 2.45) is 23.7 Å². The highest BCUT2D eigenvalue weighted by atomic mass is 16.6. The standard InChI is InChI=1S/C51H79N5O11/c1-15-32(6)45(41(64-13)27-42(58)56-25-19-22-40(56)47(65-14)34(8)48(60)52-35(9)46(59)38-20-17-16-18-21-38)54(11)50(62)43(30(2)3)53-49(61)44(31(4)5)55(12)51(63)67-28-37-24-23-33(7)39(26-37)29-66-36(10)57/h16-18,20-21,23-24,26,30-32,34-35,40-41,43-47,59H,15,19,22,25,27-29H2,1-14H3,(H,52,60)(H,53,61)/t32-,34+,35+,40?,41?,43-,44-,45-,46+,47+/m1/s1. The highest BCUT2D eigenvalue weighted by molar-refractivity contribution is 5.92. The number of hydrogen-bond donors (Lipinski definition) is 3. The van der Waals surface area contributed by atoms with Gasteiger partial charge in [-0.3, -0.25) is 28.9 Å². The molecule has 1 heterocycles. The summed E-state index contributed by atoms with van der Waals surface area (Å²) >= 11 is 0. The van der Waals surface area contributed by atoms with E-state index in [0.29, 0.717) is 36.9 Å². The van der Waals surface area contributed by atoms with E-state index in [9.17, 15) is 33.9 Å². The number of carbonyl (C=O) groups is 6. The molecule has 2 aromatic carbocycles. The number of benzene rings is 2. The Balaban J connectivity index is 1.75. The van der Waals surface area contributed by atoms with Crippen molar-refractivity contribution in [3.05, 3.63) is 70.8 Å². The molecule has 1 aliphatic rings. The molecule has 3 rings (SSSR count). The molecule has 1 fully saturated rings. The van der Waals surface area contributed by atoms with Gasteiger partial charge in [0.1, 0.15) is 25.3 Å². The van der Waals surface area contributed by atoms with E-state index in [4.69, 9.17) is 18.9 Å². The van der Waals surface area contributed by atoms with Gasteiger partial charge in [-0.25, -0.2) is 4.79 Å².